The van der Waals surface area contributed by atoms with Gasteiger partial charge in [0, 0.05) is 11.6 Å². The van der Waals surface area contributed by atoms with Crippen LogP contribution in [0, 0.1) is 0 Å². The van der Waals surface area contributed by atoms with E-state index in [0.717, 1.165) is 11.8 Å². The Hall–Kier alpha value is 1.18. The van der Waals surface area contributed by atoms with Crippen molar-refractivity contribution in [3.63, 3.8) is 0 Å². The van der Waals surface area contributed by atoms with Gasteiger partial charge in [-0.1, -0.05) is 86.9 Å². The summed E-state index contributed by atoms with van der Waals surface area (Å²) in [5, 5.41) is 1.16. The molecule has 0 rings (SSSR count). The largest absolute Gasteiger partial charge is 0.114 e. The summed E-state index contributed by atoms with van der Waals surface area (Å²) in [5.74, 6) is 0. The van der Waals surface area contributed by atoms with Crippen LogP contribution in [0.4, 0.5) is 0 Å². The first kappa shape index (κ1) is 36.2. The molecule has 0 aromatic rings. The maximum absolute atomic E-state index is 3.48. The highest BCUT2D eigenvalue weighted by Gasteiger charge is 1.82. The quantitative estimate of drug-likeness (QED) is 0.304. The predicted molar refractivity (Wildman–Crippen MR) is 104 cm³/mol. The van der Waals surface area contributed by atoms with Crippen LogP contribution in [-0.4, -0.2) is 10.2 Å². The molecule has 17 heavy (non-hydrogen) atoms. The van der Waals surface area contributed by atoms with Crippen molar-refractivity contribution in [3.8, 4) is 0 Å². The highest BCUT2D eigenvalue weighted by Crippen LogP contribution is 1.99. The van der Waals surface area contributed by atoms with Gasteiger partial charge in [-0.15, -0.1) is 23.6 Å². The van der Waals surface area contributed by atoms with Crippen molar-refractivity contribution in [3.05, 3.63) is 12.7 Å². The van der Waals surface area contributed by atoms with E-state index < -0.39 is 0 Å². The average molecular weight is 445 g/mol. The molecule has 0 bridgehead atoms. The molecule has 0 aromatic carbocycles. The van der Waals surface area contributed by atoms with Crippen molar-refractivity contribution in [1.82, 2.24) is 0 Å². The first-order chi connectivity index (χ1) is 6.60. The summed E-state index contributed by atoms with van der Waals surface area (Å²) < 4.78 is 0. The van der Waals surface area contributed by atoms with E-state index in [1.807, 2.05) is 6.08 Å². The Labute approximate surface area is 141 Å². The Morgan fingerprint density at radius 3 is 1.53 bits per heavy atom. The van der Waals surface area contributed by atoms with E-state index in [0.29, 0.717) is 4.83 Å². The summed E-state index contributed by atoms with van der Waals surface area (Å²) in [5.41, 5.74) is 0. The Balaban J connectivity index is -0.0000000183. The Morgan fingerprint density at radius 1 is 1.24 bits per heavy atom. The third kappa shape index (κ3) is 104. The summed E-state index contributed by atoms with van der Waals surface area (Å²) in [7, 11) is 0. The molecule has 0 aromatic heterocycles. The fourth-order valence-corrected chi connectivity index (χ4v) is 0.694. The van der Waals surface area contributed by atoms with Crippen molar-refractivity contribution in [1.29, 1.82) is 0 Å². The number of hydrogen-bond acceptors (Lipinski definition) is 0. The van der Waals surface area contributed by atoms with E-state index in [4.69, 9.17) is 0 Å². The Morgan fingerprint density at radius 2 is 1.53 bits per heavy atom. The molecule has 0 fully saturated rings. The van der Waals surface area contributed by atoms with Gasteiger partial charge in [0.2, 0.25) is 0 Å². The van der Waals surface area contributed by atoms with E-state index in [-0.39, 0.29) is 33.3 Å². The zero-order valence-electron chi connectivity index (χ0n) is 10.6. The Kier molecular flexibility index (Phi) is 92.3. The van der Waals surface area contributed by atoms with Crippen LogP contribution in [0.2, 0.25) is 0 Å². The van der Waals surface area contributed by atoms with Gasteiger partial charge in [0.25, 0.3) is 0 Å². The summed E-state index contributed by atoms with van der Waals surface area (Å²) in [4.78, 5) is 0.697. The van der Waals surface area contributed by atoms with E-state index in [2.05, 4.69) is 66.1 Å². The molecule has 0 amide bonds. The molecule has 114 valence electrons. The van der Waals surface area contributed by atoms with E-state index >= 15 is 0 Å². The topological polar surface area (TPSA) is 0 Å². The third-order valence-electron chi connectivity index (χ3n) is 1.34. The molecule has 0 heterocycles. The van der Waals surface area contributed by atoms with Gasteiger partial charge in [0.05, 0.1) is 0 Å². The van der Waals surface area contributed by atoms with Crippen molar-refractivity contribution < 1.29 is 1.43 Å². The molecule has 0 nitrogen and oxygen atoms in total. The van der Waals surface area contributed by atoms with Crippen LogP contribution in [0.3, 0.4) is 0 Å². The Bertz CT molecular complexity index is 87.1. The highest BCUT2D eigenvalue weighted by molar-refractivity contribution is 9.09. The van der Waals surface area contributed by atoms with Crippen LogP contribution >= 0.6 is 48.8 Å². The van der Waals surface area contributed by atoms with Gasteiger partial charge in [-0.2, -0.15) is 0 Å². The van der Waals surface area contributed by atoms with Crippen LogP contribution in [0.15, 0.2) is 12.7 Å². The predicted octanol–water partition coefficient (Wildman–Crippen LogP) is 8.04. The monoisotopic (exact) mass is 442 g/mol. The molecule has 0 spiro atoms. The fraction of sp³-hybridized carbons (Fsp3) is 0.857. The molecule has 0 radical (unpaired) electrons. The van der Waals surface area contributed by atoms with Gasteiger partial charge in [-0.25, -0.2) is 0 Å². The minimum atomic E-state index is 0. The lowest BCUT2D eigenvalue weighted by Crippen LogP contribution is -1.80. The number of allylic oxidation sites excluding steroid dienone is 1. The van der Waals surface area contributed by atoms with Crippen LogP contribution in [0.5, 0.6) is 0 Å². The lowest BCUT2D eigenvalue weighted by molar-refractivity contribution is 0.902. The SMILES string of the molecule is Br.C.C.C=CCC.CCC(C)Br.CCCCBr.[HH]. The minimum Gasteiger partial charge on any atom is -0.114 e. The number of rotatable bonds is 4. The molecule has 3 heteroatoms. The standard InChI is InChI=1S/2C4H9Br.C4H8.2CH4.BrH.H2/c1-3-4(2)5;1-2-3-4-5;1-3-4-2;;;;/h4H,3H2,1-2H3;2-4H2,1H3;3H,1,4H2,2H3;2*1H4;2*1H. The first-order valence-electron chi connectivity index (χ1n) is 5.41. The third-order valence-corrected chi connectivity index (χ3v) is 2.55. The first-order valence-corrected chi connectivity index (χ1v) is 7.45. The second kappa shape index (κ2) is 43.4. The fourth-order valence-electron chi connectivity index (χ4n) is 0.134. The van der Waals surface area contributed by atoms with Crippen molar-refractivity contribution in [2.75, 3.05) is 5.33 Å². The normalized spacial score (nSPS) is 8.35. The van der Waals surface area contributed by atoms with Gasteiger partial charge in [0.15, 0.2) is 0 Å². The van der Waals surface area contributed by atoms with Gasteiger partial charge in [0.1, 0.15) is 0 Å². The maximum Gasteiger partial charge on any atom is 0.0114 e. The molecule has 0 N–H and O–H groups in total. The summed E-state index contributed by atoms with van der Waals surface area (Å²) in [6.45, 7) is 12.0. The molecule has 1 unspecified atom stereocenters. The molecule has 0 aliphatic carbocycles. The average Bonchev–Trinajstić information content (AvgIpc) is 2.20. The van der Waals surface area contributed by atoms with Crippen LogP contribution < -0.4 is 0 Å². The zero-order valence-corrected chi connectivity index (χ0v) is 15.4. The van der Waals surface area contributed by atoms with Crippen LogP contribution in [0.25, 0.3) is 0 Å². The zero-order chi connectivity index (χ0) is 11.8. The summed E-state index contributed by atoms with van der Waals surface area (Å²) in [6, 6.07) is 0. The second-order valence-electron chi connectivity index (χ2n) is 2.93. The maximum atomic E-state index is 3.48. The number of alkyl halides is 2. The molecule has 0 saturated heterocycles. The number of halogens is 3. The van der Waals surface area contributed by atoms with Gasteiger partial charge < -0.3 is 0 Å². The molecular weight excluding hydrogens is 408 g/mol. The second-order valence-corrected chi connectivity index (χ2v) is 5.28. The minimum absolute atomic E-state index is 0. The van der Waals surface area contributed by atoms with E-state index in [1.54, 1.807) is 0 Å². The van der Waals surface area contributed by atoms with Gasteiger partial charge >= 0.3 is 0 Å². The molecule has 0 aliphatic rings. The lowest BCUT2D eigenvalue weighted by atomic mass is 10.4. The number of unbranched alkanes of at least 4 members (excludes halogenated alkanes) is 1. The molecule has 0 aliphatic heterocycles. The summed E-state index contributed by atoms with van der Waals surface area (Å²) in [6.07, 6.45) is 6.78. The molecular formula is C14H37Br3. The molecule has 0 saturated carbocycles. The van der Waals surface area contributed by atoms with Gasteiger partial charge in [-0.05, 0) is 19.3 Å². The van der Waals surface area contributed by atoms with E-state index in [1.165, 1.54) is 19.3 Å². The van der Waals surface area contributed by atoms with Crippen LogP contribution in [0.1, 0.15) is 69.7 Å². The summed E-state index contributed by atoms with van der Waals surface area (Å²) >= 11 is 6.68. The van der Waals surface area contributed by atoms with Crippen molar-refractivity contribution in [2.45, 2.75) is 73.1 Å². The van der Waals surface area contributed by atoms with Crippen molar-refractivity contribution >= 4 is 48.8 Å². The highest BCUT2D eigenvalue weighted by atomic mass is 79.9. The van der Waals surface area contributed by atoms with Crippen molar-refractivity contribution in [2.24, 2.45) is 0 Å². The van der Waals surface area contributed by atoms with E-state index in [9.17, 15) is 0 Å². The van der Waals surface area contributed by atoms with Gasteiger partial charge in [-0.3, -0.25) is 0 Å². The smallest absolute Gasteiger partial charge is 0.0114 e. The lowest BCUT2D eigenvalue weighted by Gasteiger charge is -1.88. The van der Waals surface area contributed by atoms with Crippen LogP contribution in [-0.2, 0) is 0 Å². The molecule has 1 atom stereocenters. The number of hydrogen-bond donors (Lipinski definition) is 0.